The lowest BCUT2D eigenvalue weighted by Gasteiger charge is -2.01. The summed E-state index contributed by atoms with van der Waals surface area (Å²) in [5.74, 6) is 0. The van der Waals surface area contributed by atoms with Crippen LogP contribution in [0.2, 0.25) is 5.15 Å². The van der Waals surface area contributed by atoms with E-state index >= 15 is 0 Å². The highest BCUT2D eigenvalue weighted by atomic mass is 35.5. The zero-order valence-electron chi connectivity index (χ0n) is 9.95. The fraction of sp³-hybridized carbons (Fsp3) is 0.0769. The zero-order chi connectivity index (χ0) is 13.7. The number of carbonyl (C=O) groups excluding carboxylic acids is 1. The van der Waals surface area contributed by atoms with E-state index in [0.717, 1.165) is 10.3 Å². The number of rotatable bonds is 2. The first kappa shape index (κ1) is 13.2. The first-order chi connectivity index (χ1) is 9.15. The molecule has 0 aliphatic carbocycles. The van der Waals surface area contributed by atoms with E-state index < -0.39 is 6.03 Å². The number of halogens is 1. The van der Waals surface area contributed by atoms with Gasteiger partial charge in [-0.25, -0.2) is 4.79 Å². The van der Waals surface area contributed by atoms with E-state index in [9.17, 15) is 10.0 Å². The molecule has 0 aliphatic heterocycles. The Bertz CT molecular complexity index is 638. The van der Waals surface area contributed by atoms with Crippen molar-refractivity contribution in [2.75, 3.05) is 0 Å². The molecule has 0 saturated carbocycles. The summed E-state index contributed by atoms with van der Waals surface area (Å²) in [7, 11) is 0. The standard InChI is InChI=1S/C13H12ClN3O2/c14-12-8-11(6-7-17(12)19)16-13(18)15-9-10-4-2-1-3-5-10/h1-8,19H,9H2,(H,15,18)/b16-11+. The Kier molecular flexibility index (Phi) is 4.20. The number of hydrogen-bond acceptors (Lipinski definition) is 2. The summed E-state index contributed by atoms with van der Waals surface area (Å²) in [5.41, 5.74) is 0.991. The van der Waals surface area contributed by atoms with Crippen molar-refractivity contribution in [1.29, 1.82) is 0 Å². The molecule has 6 heteroatoms. The third-order valence-electron chi connectivity index (χ3n) is 2.39. The molecule has 1 aromatic heterocycles. The molecule has 1 aromatic carbocycles. The van der Waals surface area contributed by atoms with E-state index in [-0.39, 0.29) is 5.15 Å². The fourth-order valence-corrected chi connectivity index (χ4v) is 1.62. The van der Waals surface area contributed by atoms with Crippen molar-refractivity contribution in [2.24, 2.45) is 4.99 Å². The second kappa shape index (κ2) is 6.06. The van der Waals surface area contributed by atoms with E-state index in [4.69, 9.17) is 11.6 Å². The van der Waals surface area contributed by atoms with Crippen LogP contribution in [-0.2, 0) is 6.54 Å². The number of hydrogen-bond donors (Lipinski definition) is 2. The zero-order valence-corrected chi connectivity index (χ0v) is 10.7. The molecule has 0 atom stereocenters. The first-order valence-electron chi connectivity index (χ1n) is 5.59. The van der Waals surface area contributed by atoms with Gasteiger partial charge in [-0.2, -0.15) is 9.72 Å². The Labute approximate surface area is 114 Å². The van der Waals surface area contributed by atoms with E-state index in [0.29, 0.717) is 11.9 Å². The quantitative estimate of drug-likeness (QED) is 0.653. The second-order valence-electron chi connectivity index (χ2n) is 3.81. The van der Waals surface area contributed by atoms with Gasteiger partial charge in [0, 0.05) is 18.8 Å². The van der Waals surface area contributed by atoms with Gasteiger partial charge in [0.25, 0.3) is 0 Å². The third kappa shape index (κ3) is 3.86. The van der Waals surface area contributed by atoms with E-state index in [1.807, 2.05) is 30.3 Å². The molecule has 2 rings (SSSR count). The highest BCUT2D eigenvalue weighted by molar-refractivity contribution is 6.29. The van der Waals surface area contributed by atoms with Crippen molar-refractivity contribution < 1.29 is 10.0 Å². The molecule has 2 N–H and O–H groups in total. The second-order valence-corrected chi connectivity index (χ2v) is 4.20. The minimum absolute atomic E-state index is 0.0807. The molecule has 0 bridgehead atoms. The summed E-state index contributed by atoms with van der Waals surface area (Å²) < 4.78 is 0.739. The monoisotopic (exact) mass is 277 g/mol. The van der Waals surface area contributed by atoms with Crippen LogP contribution in [0.15, 0.2) is 53.7 Å². The Balaban J connectivity index is 2.02. The molecular weight excluding hydrogens is 266 g/mol. The molecule has 0 unspecified atom stereocenters. The number of pyridine rings is 1. The number of urea groups is 1. The molecular formula is C13H12ClN3O2. The predicted octanol–water partition coefficient (Wildman–Crippen LogP) is 2.19. The van der Waals surface area contributed by atoms with Gasteiger partial charge < -0.3 is 10.5 Å². The molecule has 0 spiro atoms. The summed E-state index contributed by atoms with van der Waals surface area (Å²) >= 11 is 5.69. The Morgan fingerprint density at radius 3 is 2.74 bits per heavy atom. The number of nitrogens with zero attached hydrogens (tertiary/aromatic N) is 2. The van der Waals surface area contributed by atoms with Crippen molar-refractivity contribution in [3.63, 3.8) is 0 Å². The minimum Gasteiger partial charge on any atom is -0.428 e. The number of aromatic nitrogens is 1. The van der Waals surface area contributed by atoms with E-state index in [1.54, 1.807) is 0 Å². The van der Waals surface area contributed by atoms with Crippen molar-refractivity contribution >= 4 is 17.6 Å². The summed E-state index contributed by atoms with van der Waals surface area (Å²) in [6.45, 7) is 0.406. The van der Waals surface area contributed by atoms with Gasteiger partial charge in [-0.1, -0.05) is 41.9 Å². The maximum atomic E-state index is 11.6. The molecule has 0 fully saturated rings. The van der Waals surface area contributed by atoms with Gasteiger partial charge >= 0.3 is 6.03 Å². The normalized spacial score (nSPS) is 11.3. The number of amides is 2. The largest absolute Gasteiger partial charge is 0.428 e. The van der Waals surface area contributed by atoms with E-state index in [1.165, 1.54) is 18.3 Å². The van der Waals surface area contributed by atoms with Crippen LogP contribution in [0, 0.1) is 0 Å². The first-order valence-corrected chi connectivity index (χ1v) is 5.97. The highest BCUT2D eigenvalue weighted by Gasteiger charge is 1.99. The maximum Gasteiger partial charge on any atom is 0.341 e. The molecule has 2 amide bonds. The Morgan fingerprint density at radius 2 is 2.05 bits per heavy atom. The van der Waals surface area contributed by atoms with Gasteiger partial charge in [-0.3, -0.25) is 0 Å². The van der Waals surface area contributed by atoms with Crippen LogP contribution in [0.4, 0.5) is 4.79 Å². The summed E-state index contributed by atoms with van der Waals surface area (Å²) in [6.07, 6.45) is 1.31. The smallest absolute Gasteiger partial charge is 0.341 e. The number of benzene rings is 1. The van der Waals surface area contributed by atoms with Crippen LogP contribution in [0.1, 0.15) is 5.56 Å². The summed E-state index contributed by atoms with van der Waals surface area (Å²) in [5, 5.41) is 12.3. The van der Waals surface area contributed by atoms with Crippen molar-refractivity contribution in [2.45, 2.75) is 6.54 Å². The molecule has 0 aliphatic rings. The van der Waals surface area contributed by atoms with Crippen LogP contribution in [0.5, 0.6) is 0 Å². The van der Waals surface area contributed by atoms with Gasteiger partial charge in [0.15, 0.2) is 0 Å². The van der Waals surface area contributed by atoms with Crippen LogP contribution in [0.25, 0.3) is 0 Å². The minimum atomic E-state index is -0.462. The van der Waals surface area contributed by atoms with Gasteiger partial charge in [-0.05, 0) is 11.6 Å². The molecule has 0 saturated heterocycles. The van der Waals surface area contributed by atoms with Crippen LogP contribution in [-0.4, -0.2) is 16.0 Å². The van der Waals surface area contributed by atoms with Gasteiger partial charge in [0.05, 0.1) is 5.36 Å². The molecule has 0 radical (unpaired) electrons. The average molecular weight is 278 g/mol. The molecule has 98 valence electrons. The molecule has 19 heavy (non-hydrogen) atoms. The summed E-state index contributed by atoms with van der Waals surface area (Å²) in [4.78, 5) is 15.4. The highest BCUT2D eigenvalue weighted by Crippen LogP contribution is 2.01. The lowest BCUT2D eigenvalue weighted by Crippen LogP contribution is -2.21. The number of nitrogens with one attached hydrogen (secondary N) is 1. The van der Waals surface area contributed by atoms with Gasteiger partial charge in [0.2, 0.25) is 0 Å². The van der Waals surface area contributed by atoms with Crippen LogP contribution >= 0.6 is 11.6 Å². The predicted molar refractivity (Wildman–Crippen MR) is 70.9 cm³/mol. The Hall–Kier alpha value is -2.27. The number of carbonyl (C=O) groups is 1. The van der Waals surface area contributed by atoms with E-state index in [2.05, 4.69) is 10.3 Å². The van der Waals surface area contributed by atoms with Crippen LogP contribution < -0.4 is 10.7 Å². The molecule has 1 heterocycles. The Morgan fingerprint density at radius 1 is 1.32 bits per heavy atom. The average Bonchev–Trinajstić information content (AvgIpc) is 2.42. The lowest BCUT2D eigenvalue weighted by atomic mass is 10.2. The SMILES string of the molecule is O=C(/N=c1\ccn(O)c(Cl)c1)NCc1ccccc1. The van der Waals surface area contributed by atoms with Gasteiger partial charge in [-0.15, -0.1) is 0 Å². The van der Waals surface area contributed by atoms with Crippen LogP contribution in [0.3, 0.4) is 0 Å². The molecule has 5 nitrogen and oxygen atoms in total. The van der Waals surface area contributed by atoms with Crippen molar-refractivity contribution in [3.05, 3.63) is 64.7 Å². The topological polar surface area (TPSA) is 66.6 Å². The molecule has 2 aromatic rings. The van der Waals surface area contributed by atoms with Crippen molar-refractivity contribution in [3.8, 4) is 0 Å². The fourth-order valence-electron chi connectivity index (χ4n) is 1.45. The van der Waals surface area contributed by atoms with Gasteiger partial charge in [0.1, 0.15) is 5.15 Å². The maximum absolute atomic E-state index is 11.6. The summed E-state index contributed by atoms with van der Waals surface area (Å²) in [6, 6.07) is 11.9. The lowest BCUT2D eigenvalue weighted by molar-refractivity contribution is 0.185. The third-order valence-corrected chi connectivity index (χ3v) is 2.67. The van der Waals surface area contributed by atoms with Crippen molar-refractivity contribution in [1.82, 2.24) is 10.0 Å².